The molecule has 0 aliphatic carbocycles. The maximum Gasteiger partial charge on any atom is 0.203 e. The first kappa shape index (κ1) is 11.2. The number of nitrogens with two attached hydrogens (primary N) is 1. The Hall–Kier alpha value is -1.26. The molecule has 0 saturated heterocycles. The van der Waals surface area contributed by atoms with Crippen LogP contribution in [0.1, 0.15) is 6.92 Å². The summed E-state index contributed by atoms with van der Waals surface area (Å²) in [6.07, 6.45) is 0. The Morgan fingerprint density at radius 1 is 1.56 bits per heavy atom. The van der Waals surface area contributed by atoms with Crippen LogP contribution in [0.15, 0.2) is 18.2 Å². The first-order chi connectivity index (χ1) is 7.63. The maximum atomic E-state index is 6.13. The molecule has 0 fully saturated rings. The highest BCUT2D eigenvalue weighted by Crippen LogP contribution is 2.25. The topological polar surface area (TPSA) is 55.9 Å². The molecule has 1 aromatic heterocycles. The number of hydrogen-bond acceptors (Lipinski definition) is 3. The molecule has 16 heavy (non-hydrogen) atoms. The molecule has 1 aromatic carbocycles. The van der Waals surface area contributed by atoms with E-state index >= 15 is 0 Å². The van der Waals surface area contributed by atoms with Crippen molar-refractivity contribution in [1.82, 2.24) is 9.55 Å². The number of rotatable bonds is 3. The summed E-state index contributed by atoms with van der Waals surface area (Å²) in [4.78, 5) is 4.47. The number of imidazole rings is 1. The van der Waals surface area contributed by atoms with Gasteiger partial charge in [-0.1, -0.05) is 17.7 Å². The molecule has 0 bridgehead atoms. The number of anilines is 1. The second kappa shape index (κ2) is 4.31. The lowest BCUT2D eigenvalue weighted by molar-refractivity contribution is 0.777. The fourth-order valence-electron chi connectivity index (χ4n) is 1.63. The van der Waals surface area contributed by atoms with Crippen LogP contribution in [0.5, 0.6) is 0 Å². The number of hydrogen-bond donors (Lipinski definition) is 2. The Bertz CT molecular complexity index is 506. The maximum absolute atomic E-state index is 6.13. The van der Waals surface area contributed by atoms with E-state index in [0.717, 1.165) is 17.0 Å². The SMILES string of the molecule is CC(CN)Nc1nc2cccc(Cl)c2n1C. The van der Waals surface area contributed by atoms with Crippen LogP contribution in [-0.4, -0.2) is 22.1 Å². The molecule has 2 rings (SSSR count). The van der Waals surface area contributed by atoms with Crippen LogP contribution in [0, 0.1) is 0 Å². The summed E-state index contributed by atoms with van der Waals surface area (Å²) < 4.78 is 1.95. The molecule has 0 saturated carbocycles. The average molecular weight is 239 g/mol. The predicted molar refractivity (Wildman–Crippen MR) is 67.9 cm³/mol. The number of nitrogens with one attached hydrogen (secondary N) is 1. The fraction of sp³-hybridized carbons (Fsp3) is 0.364. The second-order valence-corrected chi connectivity index (χ2v) is 4.29. The van der Waals surface area contributed by atoms with Gasteiger partial charge in [0.05, 0.1) is 16.1 Å². The highest BCUT2D eigenvalue weighted by molar-refractivity contribution is 6.35. The van der Waals surface area contributed by atoms with E-state index in [1.54, 1.807) is 0 Å². The quantitative estimate of drug-likeness (QED) is 0.860. The lowest BCUT2D eigenvalue weighted by atomic mass is 10.3. The van der Waals surface area contributed by atoms with Gasteiger partial charge in [0.25, 0.3) is 0 Å². The summed E-state index contributed by atoms with van der Waals surface area (Å²) >= 11 is 6.13. The van der Waals surface area contributed by atoms with Crippen molar-refractivity contribution in [2.75, 3.05) is 11.9 Å². The van der Waals surface area contributed by atoms with Crippen molar-refractivity contribution in [2.45, 2.75) is 13.0 Å². The van der Waals surface area contributed by atoms with Crippen molar-refractivity contribution < 1.29 is 0 Å². The third-order valence-electron chi connectivity index (χ3n) is 2.57. The molecule has 4 nitrogen and oxygen atoms in total. The Labute approximate surface area is 99.4 Å². The van der Waals surface area contributed by atoms with Gasteiger partial charge in [0.2, 0.25) is 5.95 Å². The molecular weight excluding hydrogens is 224 g/mol. The van der Waals surface area contributed by atoms with Gasteiger partial charge in [-0.15, -0.1) is 0 Å². The molecule has 0 radical (unpaired) electrons. The molecule has 1 atom stereocenters. The number of fused-ring (bicyclic) bond motifs is 1. The van der Waals surface area contributed by atoms with E-state index in [0.29, 0.717) is 11.6 Å². The number of para-hydroxylation sites is 1. The minimum atomic E-state index is 0.189. The molecular formula is C11H15ClN4. The Kier molecular flexibility index (Phi) is 3.03. The van der Waals surface area contributed by atoms with Crippen LogP contribution in [-0.2, 0) is 7.05 Å². The normalized spacial score (nSPS) is 13.0. The van der Waals surface area contributed by atoms with Crippen LogP contribution >= 0.6 is 11.6 Å². The minimum Gasteiger partial charge on any atom is -0.352 e. The van der Waals surface area contributed by atoms with Crippen LogP contribution in [0.25, 0.3) is 11.0 Å². The van der Waals surface area contributed by atoms with E-state index in [1.807, 2.05) is 36.7 Å². The summed E-state index contributed by atoms with van der Waals surface area (Å²) in [5.74, 6) is 0.793. The second-order valence-electron chi connectivity index (χ2n) is 3.88. The fourth-order valence-corrected chi connectivity index (χ4v) is 1.93. The van der Waals surface area contributed by atoms with Crippen molar-refractivity contribution in [3.8, 4) is 0 Å². The van der Waals surface area contributed by atoms with E-state index in [2.05, 4.69) is 10.3 Å². The zero-order chi connectivity index (χ0) is 11.7. The Morgan fingerprint density at radius 3 is 2.94 bits per heavy atom. The number of halogens is 1. The van der Waals surface area contributed by atoms with Crippen LogP contribution in [0.2, 0.25) is 5.02 Å². The standard InChI is InChI=1S/C11H15ClN4/c1-7(6-13)14-11-15-9-5-3-4-8(12)10(9)16(11)2/h3-5,7H,6,13H2,1-2H3,(H,14,15). The number of benzene rings is 1. The van der Waals surface area contributed by atoms with Crippen molar-refractivity contribution in [2.24, 2.45) is 12.8 Å². The zero-order valence-electron chi connectivity index (χ0n) is 9.37. The van der Waals surface area contributed by atoms with Gasteiger partial charge in [-0.25, -0.2) is 4.98 Å². The molecule has 0 aliphatic heterocycles. The van der Waals surface area contributed by atoms with E-state index in [-0.39, 0.29) is 6.04 Å². The van der Waals surface area contributed by atoms with Crippen molar-refractivity contribution in [1.29, 1.82) is 0 Å². The lowest BCUT2D eigenvalue weighted by Crippen LogP contribution is -2.26. The summed E-state index contributed by atoms with van der Waals surface area (Å²) in [7, 11) is 1.94. The minimum absolute atomic E-state index is 0.189. The van der Waals surface area contributed by atoms with E-state index < -0.39 is 0 Å². The van der Waals surface area contributed by atoms with Gasteiger partial charge in [0, 0.05) is 19.6 Å². The van der Waals surface area contributed by atoms with E-state index in [1.165, 1.54) is 0 Å². The monoisotopic (exact) mass is 238 g/mol. The van der Waals surface area contributed by atoms with Gasteiger partial charge in [-0.2, -0.15) is 0 Å². The highest BCUT2D eigenvalue weighted by atomic mass is 35.5. The summed E-state index contributed by atoms with van der Waals surface area (Å²) in [6, 6.07) is 5.89. The highest BCUT2D eigenvalue weighted by Gasteiger charge is 2.11. The van der Waals surface area contributed by atoms with Gasteiger partial charge in [-0.05, 0) is 19.1 Å². The molecule has 0 amide bonds. The molecule has 1 unspecified atom stereocenters. The molecule has 2 aromatic rings. The Morgan fingerprint density at radius 2 is 2.31 bits per heavy atom. The van der Waals surface area contributed by atoms with Gasteiger partial charge in [-0.3, -0.25) is 0 Å². The molecule has 0 aliphatic rings. The molecule has 0 spiro atoms. The van der Waals surface area contributed by atoms with Gasteiger partial charge in [0.15, 0.2) is 0 Å². The van der Waals surface area contributed by atoms with Gasteiger partial charge < -0.3 is 15.6 Å². The summed E-state index contributed by atoms with van der Waals surface area (Å²) in [6.45, 7) is 2.58. The third-order valence-corrected chi connectivity index (χ3v) is 2.88. The smallest absolute Gasteiger partial charge is 0.203 e. The van der Waals surface area contributed by atoms with E-state index in [9.17, 15) is 0 Å². The lowest BCUT2D eigenvalue weighted by Gasteiger charge is -2.11. The molecule has 3 N–H and O–H groups in total. The van der Waals surface area contributed by atoms with Gasteiger partial charge in [0.1, 0.15) is 0 Å². The first-order valence-corrected chi connectivity index (χ1v) is 5.59. The Balaban J connectivity index is 2.48. The summed E-state index contributed by atoms with van der Waals surface area (Å²) in [5.41, 5.74) is 7.40. The van der Waals surface area contributed by atoms with Crippen molar-refractivity contribution >= 4 is 28.6 Å². The van der Waals surface area contributed by atoms with Crippen molar-refractivity contribution in [3.63, 3.8) is 0 Å². The van der Waals surface area contributed by atoms with Crippen LogP contribution in [0.3, 0.4) is 0 Å². The number of aromatic nitrogens is 2. The average Bonchev–Trinajstić information content (AvgIpc) is 2.57. The van der Waals surface area contributed by atoms with Crippen LogP contribution < -0.4 is 11.1 Å². The van der Waals surface area contributed by atoms with Crippen LogP contribution in [0.4, 0.5) is 5.95 Å². The number of nitrogens with zero attached hydrogens (tertiary/aromatic N) is 2. The predicted octanol–water partition coefficient (Wildman–Crippen LogP) is 1.99. The third kappa shape index (κ3) is 1.86. The summed E-state index contributed by atoms with van der Waals surface area (Å²) in [5, 5.41) is 3.95. The number of aryl methyl sites for hydroxylation is 1. The first-order valence-electron chi connectivity index (χ1n) is 5.21. The largest absolute Gasteiger partial charge is 0.352 e. The molecule has 86 valence electrons. The molecule has 5 heteroatoms. The van der Waals surface area contributed by atoms with E-state index in [4.69, 9.17) is 17.3 Å². The molecule has 1 heterocycles. The zero-order valence-corrected chi connectivity index (χ0v) is 10.1. The van der Waals surface area contributed by atoms with Gasteiger partial charge >= 0.3 is 0 Å². The van der Waals surface area contributed by atoms with Crippen molar-refractivity contribution in [3.05, 3.63) is 23.2 Å².